The summed E-state index contributed by atoms with van der Waals surface area (Å²) >= 11 is 7.74. The third kappa shape index (κ3) is 3.74. The second kappa shape index (κ2) is 8.10. The van der Waals surface area contributed by atoms with Crippen LogP contribution in [-0.2, 0) is 4.79 Å². The van der Waals surface area contributed by atoms with E-state index in [1.807, 2.05) is 0 Å². The number of nitrogens with zero attached hydrogens (tertiary/aromatic N) is 1. The van der Waals surface area contributed by atoms with Crippen molar-refractivity contribution in [3.05, 3.63) is 39.9 Å². The van der Waals surface area contributed by atoms with E-state index in [0.717, 1.165) is 11.3 Å². The summed E-state index contributed by atoms with van der Waals surface area (Å²) in [6, 6.07) is 6.18. The summed E-state index contributed by atoms with van der Waals surface area (Å²) in [6.07, 6.45) is 0. The van der Waals surface area contributed by atoms with Crippen LogP contribution in [0.3, 0.4) is 0 Å². The van der Waals surface area contributed by atoms with Crippen molar-refractivity contribution >= 4 is 57.5 Å². The van der Waals surface area contributed by atoms with Crippen molar-refractivity contribution in [1.29, 1.82) is 0 Å². The molecule has 0 aliphatic heterocycles. The fourth-order valence-electron chi connectivity index (χ4n) is 2.80. The summed E-state index contributed by atoms with van der Waals surface area (Å²) in [7, 11) is 1.45. The number of methoxy groups -OCH3 is 1. The summed E-state index contributed by atoms with van der Waals surface area (Å²) in [4.78, 5) is 24.9. The SMILES string of the molecule is COc1ccc2c(c1Cl)c(OC(C)=O)c(C)n2C(=O)c1ccc(SC(F)F)s1. The Bertz CT molecular complexity index is 1080. The number of hydrogen-bond acceptors (Lipinski definition) is 6. The zero-order valence-corrected chi connectivity index (χ0v) is 17.3. The molecule has 0 radical (unpaired) electrons. The highest BCUT2D eigenvalue weighted by molar-refractivity contribution is 8.01. The lowest BCUT2D eigenvalue weighted by molar-refractivity contribution is -0.131. The molecule has 2 aromatic heterocycles. The molecule has 0 aliphatic rings. The van der Waals surface area contributed by atoms with Crippen LogP contribution in [0.2, 0.25) is 5.02 Å². The van der Waals surface area contributed by atoms with Crippen molar-refractivity contribution < 1.29 is 27.8 Å². The van der Waals surface area contributed by atoms with Gasteiger partial charge in [-0.3, -0.25) is 14.2 Å². The number of carbonyl (C=O) groups excluding carboxylic acids is 2. The largest absolute Gasteiger partial charge is 0.495 e. The highest BCUT2D eigenvalue weighted by atomic mass is 35.5. The molecule has 28 heavy (non-hydrogen) atoms. The number of hydrogen-bond donors (Lipinski definition) is 0. The molecule has 148 valence electrons. The molecule has 0 amide bonds. The number of esters is 1. The number of thiophene rings is 1. The molecule has 0 bridgehead atoms. The average Bonchev–Trinajstić information content (AvgIpc) is 3.18. The Morgan fingerprint density at radius 1 is 1.25 bits per heavy atom. The maximum atomic E-state index is 13.1. The van der Waals surface area contributed by atoms with Crippen LogP contribution in [-0.4, -0.2) is 29.3 Å². The van der Waals surface area contributed by atoms with E-state index in [1.165, 1.54) is 30.7 Å². The molecule has 10 heteroatoms. The van der Waals surface area contributed by atoms with Gasteiger partial charge in [-0.05, 0) is 43.0 Å². The van der Waals surface area contributed by atoms with E-state index in [9.17, 15) is 18.4 Å². The van der Waals surface area contributed by atoms with Crippen molar-refractivity contribution in [2.45, 2.75) is 23.8 Å². The smallest absolute Gasteiger partial charge is 0.308 e. The lowest BCUT2D eigenvalue weighted by Gasteiger charge is -2.06. The monoisotopic (exact) mass is 445 g/mol. The van der Waals surface area contributed by atoms with Gasteiger partial charge in [-0.25, -0.2) is 0 Å². The van der Waals surface area contributed by atoms with Crippen LogP contribution < -0.4 is 9.47 Å². The quantitative estimate of drug-likeness (QED) is 0.378. The maximum Gasteiger partial charge on any atom is 0.308 e. The zero-order chi connectivity index (χ0) is 20.6. The number of halogens is 3. The van der Waals surface area contributed by atoms with Crippen LogP contribution >= 0.6 is 34.7 Å². The average molecular weight is 446 g/mol. The number of benzene rings is 1. The van der Waals surface area contributed by atoms with Gasteiger partial charge in [-0.15, -0.1) is 11.3 Å². The van der Waals surface area contributed by atoms with Gasteiger partial charge in [0.1, 0.15) is 5.75 Å². The molecular formula is C18H14ClF2NO4S2. The number of thioether (sulfide) groups is 1. The lowest BCUT2D eigenvalue weighted by atomic mass is 10.2. The molecule has 0 fully saturated rings. The molecule has 1 aromatic carbocycles. The van der Waals surface area contributed by atoms with Crippen LogP contribution in [0.1, 0.15) is 22.3 Å². The standard InChI is InChI=1S/C18H14ClF2NO4S2/c1-8-16(26-9(2)23)14-10(4-5-11(25-3)15(14)19)22(8)17(24)12-6-7-13(27-12)28-18(20)21/h4-7,18H,1-3H3. The fraction of sp³-hybridized carbons (Fsp3) is 0.222. The van der Waals surface area contributed by atoms with E-state index in [-0.39, 0.29) is 15.6 Å². The third-order valence-corrected chi connectivity index (χ3v) is 6.21. The Labute approximate surface area is 172 Å². The van der Waals surface area contributed by atoms with Gasteiger partial charge in [0.2, 0.25) is 0 Å². The van der Waals surface area contributed by atoms with E-state index in [0.29, 0.717) is 38.3 Å². The lowest BCUT2D eigenvalue weighted by Crippen LogP contribution is -2.12. The van der Waals surface area contributed by atoms with E-state index in [2.05, 4.69) is 0 Å². The molecule has 0 unspecified atom stereocenters. The van der Waals surface area contributed by atoms with Gasteiger partial charge >= 0.3 is 5.97 Å². The number of ether oxygens (including phenoxy) is 2. The van der Waals surface area contributed by atoms with Gasteiger partial charge in [0.15, 0.2) is 5.75 Å². The Kier molecular flexibility index (Phi) is 5.97. The van der Waals surface area contributed by atoms with Crippen molar-refractivity contribution in [1.82, 2.24) is 4.57 Å². The van der Waals surface area contributed by atoms with Gasteiger partial charge in [-0.1, -0.05) is 11.6 Å². The molecular weight excluding hydrogens is 432 g/mol. The molecule has 0 saturated carbocycles. The van der Waals surface area contributed by atoms with Crippen LogP contribution in [0.5, 0.6) is 11.5 Å². The first-order valence-electron chi connectivity index (χ1n) is 7.89. The number of rotatable bonds is 5. The van der Waals surface area contributed by atoms with Crippen molar-refractivity contribution in [2.75, 3.05) is 7.11 Å². The molecule has 0 saturated heterocycles. The summed E-state index contributed by atoms with van der Waals surface area (Å²) < 4.78 is 37.3. The second-order valence-corrected chi connectivity index (χ2v) is 8.37. The predicted molar refractivity (Wildman–Crippen MR) is 105 cm³/mol. The number of aromatic nitrogens is 1. The van der Waals surface area contributed by atoms with E-state index in [1.54, 1.807) is 19.1 Å². The van der Waals surface area contributed by atoms with Crippen LogP contribution in [0.15, 0.2) is 28.5 Å². The molecule has 3 aromatic rings. The Balaban J connectivity index is 2.19. The Morgan fingerprint density at radius 2 is 1.96 bits per heavy atom. The maximum absolute atomic E-state index is 13.1. The zero-order valence-electron chi connectivity index (χ0n) is 14.9. The second-order valence-electron chi connectivity index (χ2n) is 5.62. The summed E-state index contributed by atoms with van der Waals surface area (Å²) in [5.74, 6) is -3.07. The first kappa shape index (κ1) is 20.6. The van der Waals surface area contributed by atoms with Crippen molar-refractivity contribution in [2.24, 2.45) is 0 Å². The van der Waals surface area contributed by atoms with Crippen LogP contribution in [0, 0.1) is 6.92 Å². The topological polar surface area (TPSA) is 57.5 Å². The molecule has 5 nitrogen and oxygen atoms in total. The predicted octanol–water partition coefficient (Wildman–Crippen LogP) is 5.60. The minimum Gasteiger partial charge on any atom is -0.495 e. The minimum absolute atomic E-state index is 0.151. The van der Waals surface area contributed by atoms with E-state index in [4.69, 9.17) is 21.1 Å². The third-order valence-electron chi connectivity index (χ3n) is 3.88. The first-order valence-corrected chi connectivity index (χ1v) is 9.97. The van der Waals surface area contributed by atoms with Crippen molar-refractivity contribution in [3.8, 4) is 11.5 Å². The van der Waals surface area contributed by atoms with Gasteiger partial charge in [0, 0.05) is 6.92 Å². The Hall–Kier alpha value is -2.10. The van der Waals surface area contributed by atoms with E-state index >= 15 is 0 Å². The fourth-order valence-corrected chi connectivity index (χ4v) is 4.79. The number of carbonyl (C=O) groups is 2. The molecule has 0 atom stereocenters. The minimum atomic E-state index is -2.57. The summed E-state index contributed by atoms with van der Waals surface area (Å²) in [5.41, 5.74) is 0.780. The van der Waals surface area contributed by atoms with Gasteiger partial charge in [-0.2, -0.15) is 8.78 Å². The van der Waals surface area contributed by atoms with Gasteiger partial charge < -0.3 is 9.47 Å². The molecule has 2 heterocycles. The molecule has 0 N–H and O–H groups in total. The Morgan fingerprint density at radius 3 is 2.57 bits per heavy atom. The van der Waals surface area contributed by atoms with Crippen LogP contribution in [0.25, 0.3) is 10.9 Å². The van der Waals surface area contributed by atoms with Gasteiger partial charge in [0.25, 0.3) is 11.7 Å². The number of alkyl halides is 2. The first-order chi connectivity index (χ1) is 13.2. The summed E-state index contributed by atoms with van der Waals surface area (Å²) in [6.45, 7) is 2.85. The van der Waals surface area contributed by atoms with E-state index < -0.39 is 17.6 Å². The molecule has 0 spiro atoms. The van der Waals surface area contributed by atoms with Crippen molar-refractivity contribution in [3.63, 3.8) is 0 Å². The normalized spacial score (nSPS) is 11.2. The number of fused-ring (bicyclic) bond motifs is 1. The van der Waals surface area contributed by atoms with Gasteiger partial charge in [0.05, 0.1) is 37.8 Å². The molecule has 0 aliphatic carbocycles. The van der Waals surface area contributed by atoms with Crippen LogP contribution in [0.4, 0.5) is 8.78 Å². The summed E-state index contributed by atoms with van der Waals surface area (Å²) in [5, 5.41) is 0.562. The molecule has 3 rings (SSSR count). The highest BCUT2D eigenvalue weighted by Gasteiger charge is 2.26. The highest BCUT2D eigenvalue weighted by Crippen LogP contribution is 2.43.